The number of unbranched alkanes of at least 4 members (excludes halogenated alkanes) is 3. The van der Waals surface area contributed by atoms with E-state index >= 15 is 0 Å². The van der Waals surface area contributed by atoms with Crippen molar-refractivity contribution in [3.63, 3.8) is 0 Å². The lowest BCUT2D eigenvalue weighted by atomic mass is 10.1. The van der Waals surface area contributed by atoms with Crippen LogP contribution >= 0.6 is 0 Å². The Morgan fingerprint density at radius 3 is 2.54 bits per heavy atom. The zero-order valence-electron chi connectivity index (χ0n) is 15.8. The first-order chi connectivity index (χ1) is 13.7. The van der Waals surface area contributed by atoms with Crippen LogP contribution in [0.25, 0.3) is 11.3 Å². The Labute approximate surface area is 163 Å². The van der Waals surface area contributed by atoms with Gasteiger partial charge in [0.1, 0.15) is 17.3 Å². The van der Waals surface area contributed by atoms with Crippen molar-refractivity contribution in [1.82, 2.24) is 5.16 Å². The van der Waals surface area contributed by atoms with Crippen molar-refractivity contribution in [2.45, 2.75) is 32.6 Å². The number of aromatic nitrogens is 1. The maximum absolute atomic E-state index is 13.0. The van der Waals surface area contributed by atoms with Crippen LogP contribution in [0.15, 0.2) is 59.1 Å². The van der Waals surface area contributed by atoms with Crippen LogP contribution in [0.3, 0.4) is 0 Å². The zero-order valence-corrected chi connectivity index (χ0v) is 15.8. The van der Waals surface area contributed by atoms with Gasteiger partial charge in [-0.3, -0.25) is 10.1 Å². The van der Waals surface area contributed by atoms with Crippen molar-refractivity contribution in [2.24, 2.45) is 0 Å². The fourth-order valence-electron chi connectivity index (χ4n) is 2.70. The second-order valence-electron chi connectivity index (χ2n) is 6.47. The summed E-state index contributed by atoms with van der Waals surface area (Å²) in [5, 5.41) is 6.56. The molecule has 1 amide bonds. The number of carbonyl (C=O) groups is 1. The van der Waals surface area contributed by atoms with E-state index in [0.29, 0.717) is 23.4 Å². The van der Waals surface area contributed by atoms with E-state index in [9.17, 15) is 9.18 Å². The van der Waals surface area contributed by atoms with Gasteiger partial charge in [-0.15, -0.1) is 0 Å². The molecule has 3 rings (SSSR count). The average Bonchev–Trinajstić information content (AvgIpc) is 3.17. The summed E-state index contributed by atoms with van der Waals surface area (Å²) in [6.45, 7) is 2.85. The molecule has 0 spiro atoms. The molecule has 28 heavy (non-hydrogen) atoms. The molecule has 146 valence electrons. The van der Waals surface area contributed by atoms with E-state index in [1.807, 2.05) is 0 Å². The quantitative estimate of drug-likeness (QED) is 0.483. The minimum Gasteiger partial charge on any atom is -0.494 e. The van der Waals surface area contributed by atoms with Gasteiger partial charge in [-0.1, -0.05) is 31.3 Å². The molecular formula is C22H23FN2O3. The minimum absolute atomic E-state index is 0.223. The molecule has 0 radical (unpaired) electrons. The van der Waals surface area contributed by atoms with Gasteiger partial charge in [0.25, 0.3) is 5.91 Å². The fraction of sp³-hybridized carbons (Fsp3) is 0.273. The van der Waals surface area contributed by atoms with E-state index in [1.54, 1.807) is 42.5 Å². The molecule has 1 aromatic heterocycles. The minimum atomic E-state index is -0.325. The lowest BCUT2D eigenvalue weighted by Gasteiger charge is -2.07. The SMILES string of the molecule is CCCCCCOc1ccc(C(=O)Nc2cc(-c3ccc(F)cc3)no2)cc1. The molecule has 0 saturated carbocycles. The average molecular weight is 382 g/mol. The number of ether oxygens (including phenoxy) is 1. The highest BCUT2D eigenvalue weighted by Crippen LogP contribution is 2.22. The maximum atomic E-state index is 13.0. The predicted molar refractivity (Wildman–Crippen MR) is 106 cm³/mol. The molecule has 0 aliphatic rings. The summed E-state index contributed by atoms with van der Waals surface area (Å²) in [6.07, 6.45) is 4.60. The van der Waals surface area contributed by atoms with Gasteiger partial charge in [0.2, 0.25) is 5.88 Å². The summed E-state index contributed by atoms with van der Waals surface area (Å²) in [5.74, 6) is 0.331. The fourth-order valence-corrected chi connectivity index (χ4v) is 2.70. The summed E-state index contributed by atoms with van der Waals surface area (Å²) in [7, 11) is 0. The van der Waals surface area contributed by atoms with Crippen LogP contribution in [-0.4, -0.2) is 17.7 Å². The molecule has 3 aromatic rings. The summed E-state index contributed by atoms with van der Waals surface area (Å²) < 4.78 is 23.8. The highest BCUT2D eigenvalue weighted by atomic mass is 19.1. The Morgan fingerprint density at radius 1 is 1.07 bits per heavy atom. The number of carbonyl (C=O) groups excluding carboxylic acids is 1. The second kappa shape index (κ2) is 9.69. The normalized spacial score (nSPS) is 10.6. The Hall–Kier alpha value is -3.15. The third kappa shape index (κ3) is 5.42. The van der Waals surface area contributed by atoms with Crippen molar-refractivity contribution in [3.05, 3.63) is 66.0 Å². The molecule has 1 heterocycles. The van der Waals surface area contributed by atoms with Crippen molar-refractivity contribution < 1.29 is 18.4 Å². The Kier molecular flexibility index (Phi) is 6.78. The number of hydrogen-bond donors (Lipinski definition) is 1. The van der Waals surface area contributed by atoms with Gasteiger partial charge >= 0.3 is 0 Å². The first-order valence-electron chi connectivity index (χ1n) is 9.42. The van der Waals surface area contributed by atoms with Crippen LogP contribution < -0.4 is 10.1 Å². The summed E-state index contributed by atoms with van der Waals surface area (Å²) >= 11 is 0. The van der Waals surface area contributed by atoms with E-state index < -0.39 is 0 Å². The number of hydrogen-bond acceptors (Lipinski definition) is 4. The molecule has 6 heteroatoms. The van der Waals surface area contributed by atoms with Crippen LogP contribution in [0.5, 0.6) is 5.75 Å². The molecule has 0 unspecified atom stereocenters. The van der Waals surface area contributed by atoms with Crippen molar-refractivity contribution in [2.75, 3.05) is 11.9 Å². The van der Waals surface area contributed by atoms with E-state index in [0.717, 1.165) is 18.6 Å². The molecule has 5 nitrogen and oxygen atoms in total. The standard InChI is InChI=1S/C22H23FN2O3/c1-2-3-4-5-14-27-19-12-8-17(9-13-19)22(26)24-21-15-20(25-28-21)16-6-10-18(23)11-7-16/h6-13,15H,2-5,14H2,1H3,(H,24,26). The molecular weight excluding hydrogens is 359 g/mol. The number of anilines is 1. The number of nitrogens with one attached hydrogen (secondary N) is 1. The second-order valence-corrected chi connectivity index (χ2v) is 6.47. The Morgan fingerprint density at radius 2 is 1.82 bits per heavy atom. The maximum Gasteiger partial charge on any atom is 0.258 e. The van der Waals surface area contributed by atoms with E-state index in [2.05, 4.69) is 17.4 Å². The first kappa shape index (κ1) is 19.6. The summed E-state index contributed by atoms with van der Waals surface area (Å²) in [6, 6.07) is 14.4. The molecule has 0 atom stereocenters. The van der Waals surface area contributed by atoms with Crippen LogP contribution in [0.1, 0.15) is 43.0 Å². The third-order valence-electron chi connectivity index (χ3n) is 4.27. The number of rotatable bonds is 9. The van der Waals surface area contributed by atoms with Gasteiger partial charge in [0, 0.05) is 17.2 Å². The van der Waals surface area contributed by atoms with Crippen LogP contribution in [0.4, 0.5) is 10.3 Å². The van der Waals surface area contributed by atoms with Gasteiger partial charge in [-0.25, -0.2) is 4.39 Å². The molecule has 0 bridgehead atoms. The van der Waals surface area contributed by atoms with E-state index in [4.69, 9.17) is 9.26 Å². The van der Waals surface area contributed by atoms with Gasteiger partial charge in [0.15, 0.2) is 0 Å². The van der Waals surface area contributed by atoms with Gasteiger partial charge < -0.3 is 9.26 Å². The predicted octanol–water partition coefficient (Wildman–Crippen LogP) is 5.69. The molecule has 2 aromatic carbocycles. The smallest absolute Gasteiger partial charge is 0.258 e. The lowest BCUT2D eigenvalue weighted by Crippen LogP contribution is -2.11. The number of halogens is 1. The molecule has 1 N–H and O–H groups in total. The number of amides is 1. The number of benzene rings is 2. The molecule has 0 aliphatic carbocycles. The highest BCUT2D eigenvalue weighted by Gasteiger charge is 2.11. The van der Waals surface area contributed by atoms with Gasteiger partial charge in [-0.05, 0) is 55.0 Å². The monoisotopic (exact) mass is 382 g/mol. The molecule has 0 saturated heterocycles. The summed E-state index contributed by atoms with van der Waals surface area (Å²) in [5.41, 5.74) is 1.70. The topological polar surface area (TPSA) is 64.4 Å². The van der Waals surface area contributed by atoms with Crippen LogP contribution in [0.2, 0.25) is 0 Å². The van der Waals surface area contributed by atoms with Crippen LogP contribution in [-0.2, 0) is 0 Å². The van der Waals surface area contributed by atoms with E-state index in [-0.39, 0.29) is 17.6 Å². The number of nitrogens with zero attached hydrogens (tertiary/aromatic N) is 1. The largest absolute Gasteiger partial charge is 0.494 e. The molecule has 0 fully saturated rings. The first-order valence-corrected chi connectivity index (χ1v) is 9.42. The van der Waals surface area contributed by atoms with Gasteiger partial charge in [0.05, 0.1) is 6.61 Å². The Balaban J connectivity index is 1.54. The van der Waals surface area contributed by atoms with E-state index in [1.165, 1.54) is 25.0 Å². The Bertz CT molecular complexity index is 889. The lowest BCUT2D eigenvalue weighted by molar-refractivity contribution is 0.102. The highest BCUT2D eigenvalue weighted by molar-refractivity contribution is 6.03. The van der Waals surface area contributed by atoms with Crippen molar-refractivity contribution in [3.8, 4) is 17.0 Å². The third-order valence-corrected chi connectivity index (χ3v) is 4.27. The van der Waals surface area contributed by atoms with Crippen molar-refractivity contribution in [1.29, 1.82) is 0 Å². The van der Waals surface area contributed by atoms with Gasteiger partial charge in [-0.2, -0.15) is 0 Å². The van der Waals surface area contributed by atoms with Crippen LogP contribution in [0, 0.1) is 5.82 Å². The zero-order chi connectivity index (χ0) is 19.8. The summed E-state index contributed by atoms with van der Waals surface area (Å²) in [4.78, 5) is 12.4. The van der Waals surface area contributed by atoms with Crippen molar-refractivity contribution >= 4 is 11.8 Å². The molecule has 0 aliphatic heterocycles.